The number of aromatic nitrogens is 2. The normalized spacial score (nSPS) is 19.9. The molecule has 1 atom stereocenters. The quantitative estimate of drug-likeness (QED) is 0.661. The number of carbonyl (C=O) groups is 1. The highest BCUT2D eigenvalue weighted by atomic mass is 32.2. The number of benzene rings is 1. The van der Waals surface area contributed by atoms with Crippen LogP contribution in [0.2, 0.25) is 0 Å². The first-order valence-electron chi connectivity index (χ1n) is 12.2. The molecular formula is C25H36N4O3S. The Morgan fingerprint density at radius 3 is 2.36 bits per heavy atom. The lowest BCUT2D eigenvalue weighted by atomic mass is 9.83. The van der Waals surface area contributed by atoms with Gasteiger partial charge in [-0.15, -0.1) is 0 Å². The molecule has 1 aliphatic heterocycles. The highest BCUT2D eigenvalue weighted by Crippen LogP contribution is 2.32. The van der Waals surface area contributed by atoms with Gasteiger partial charge < -0.3 is 9.88 Å². The molecule has 0 bridgehead atoms. The number of rotatable bonds is 7. The van der Waals surface area contributed by atoms with E-state index in [4.69, 9.17) is 0 Å². The molecule has 7 nitrogen and oxygen atoms in total. The highest BCUT2D eigenvalue weighted by molar-refractivity contribution is 7.89. The minimum Gasteiger partial charge on any atom is -0.349 e. The van der Waals surface area contributed by atoms with Gasteiger partial charge in [-0.2, -0.15) is 4.31 Å². The van der Waals surface area contributed by atoms with Crippen molar-refractivity contribution in [1.29, 1.82) is 0 Å². The fraction of sp³-hybridized carbons (Fsp3) is 0.600. The molecule has 1 N–H and O–H groups in total. The zero-order chi connectivity index (χ0) is 23.4. The summed E-state index contributed by atoms with van der Waals surface area (Å²) in [6.45, 7) is 2.47. The average Bonchev–Trinajstić information content (AvgIpc) is 3.19. The van der Waals surface area contributed by atoms with E-state index in [0.29, 0.717) is 37.7 Å². The standard InChI is InChI=1S/C25H36N4O3S/c1-19-26-24(18-28(19)2)33(31,32)29-15-13-22(14-16-29)25(30)27-23(21-11-7-4-8-12-21)17-20-9-5-3-6-10-20/h4,7-8,11-12,18,20,22-23H,3,5-6,9-10,13-17H2,1-2H3,(H,27,30). The number of hydrogen-bond donors (Lipinski definition) is 1. The van der Waals surface area contributed by atoms with E-state index in [2.05, 4.69) is 22.4 Å². The van der Waals surface area contributed by atoms with Gasteiger partial charge in [0.05, 0.1) is 6.04 Å². The summed E-state index contributed by atoms with van der Waals surface area (Å²) in [5, 5.41) is 3.41. The molecule has 1 saturated heterocycles. The van der Waals surface area contributed by atoms with E-state index in [1.54, 1.807) is 24.7 Å². The van der Waals surface area contributed by atoms with Crippen LogP contribution in [0.5, 0.6) is 0 Å². The molecule has 33 heavy (non-hydrogen) atoms. The number of hydrogen-bond acceptors (Lipinski definition) is 4. The summed E-state index contributed by atoms with van der Waals surface area (Å²) in [7, 11) is -1.84. The number of nitrogens with zero attached hydrogens (tertiary/aromatic N) is 3. The topological polar surface area (TPSA) is 84.3 Å². The van der Waals surface area contributed by atoms with E-state index in [1.807, 2.05) is 18.2 Å². The van der Waals surface area contributed by atoms with Crippen LogP contribution in [0.4, 0.5) is 0 Å². The number of amides is 1. The van der Waals surface area contributed by atoms with Crippen LogP contribution in [-0.2, 0) is 21.9 Å². The second kappa shape index (κ2) is 10.4. The molecule has 2 fully saturated rings. The highest BCUT2D eigenvalue weighted by Gasteiger charge is 2.34. The SMILES string of the molecule is Cc1nc(S(=O)(=O)N2CCC(C(=O)NC(CC3CCCCC3)c3ccccc3)CC2)cn1C. The van der Waals surface area contributed by atoms with Crippen LogP contribution in [-0.4, -0.2) is 41.3 Å². The third kappa shape index (κ3) is 5.66. The zero-order valence-corrected chi connectivity index (χ0v) is 20.6. The maximum Gasteiger partial charge on any atom is 0.262 e. The molecule has 0 radical (unpaired) electrons. The van der Waals surface area contributed by atoms with E-state index in [0.717, 1.165) is 12.0 Å². The van der Waals surface area contributed by atoms with Gasteiger partial charge in [0, 0.05) is 32.3 Å². The van der Waals surface area contributed by atoms with Gasteiger partial charge in [-0.1, -0.05) is 62.4 Å². The van der Waals surface area contributed by atoms with Crippen molar-refractivity contribution in [3.05, 3.63) is 47.9 Å². The average molecular weight is 473 g/mol. The Balaban J connectivity index is 1.38. The first-order chi connectivity index (χ1) is 15.8. The summed E-state index contributed by atoms with van der Waals surface area (Å²) in [5.41, 5.74) is 1.15. The third-order valence-electron chi connectivity index (χ3n) is 7.33. The molecule has 1 unspecified atom stereocenters. The van der Waals surface area contributed by atoms with Crippen LogP contribution in [0.3, 0.4) is 0 Å². The minimum absolute atomic E-state index is 0.0139. The van der Waals surface area contributed by atoms with E-state index in [9.17, 15) is 13.2 Å². The zero-order valence-electron chi connectivity index (χ0n) is 19.7. The Kier molecular flexibility index (Phi) is 7.54. The smallest absolute Gasteiger partial charge is 0.262 e. The number of sulfonamides is 1. The fourth-order valence-corrected chi connectivity index (χ4v) is 6.65. The van der Waals surface area contributed by atoms with Gasteiger partial charge in [0.15, 0.2) is 5.03 Å². The van der Waals surface area contributed by atoms with Crippen LogP contribution in [0.25, 0.3) is 0 Å². The summed E-state index contributed by atoms with van der Waals surface area (Å²) in [6, 6.07) is 10.3. The molecule has 2 aliphatic rings. The maximum atomic E-state index is 13.2. The molecule has 1 aromatic carbocycles. The predicted molar refractivity (Wildman–Crippen MR) is 128 cm³/mol. The second-order valence-electron chi connectivity index (χ2n) is 9.63. The second-order valence-corrected chi connectivity index (χ2v) is 11.5. The molecule has 4 rings (SSSR count). The minimum atomic E-state index is -3.63. The molecule has 1 aromatic heterocycles. The van der Waals surface area contributed by atoms with Crippen molar-refractivity contribution in [2.45, 2.75) is 69.4 Å². The van der Waals surface area contributed by atoms with E-state index < -0.39 is 10.0 Å². The Hall–Kier alpha value is -2.19. The summed E-state index contributed by atoms with van der Waals surface area (Å²) in [4.78, 5) is 17.4. The van der Waals surface area contributed by atoms with Gasteiger partial charge in [-0.25, -0.2) is 13.4 Å². The Morgan fingerprint density at radius 2 is 1.76 bits per heavy atom. The van der Waals surface area contributed by atoms with Crippen molar-refractivity contribution in [3.8, 4) is 0 Å². The molecule has 180 valence electrons. The number of aryl methyl sites for hydroxylation is 2. The van der Waals surface area contributed by atoms with Gasteiger partial charge in [-0.05, 0) is 37.7 Å². The van der Waals surface area contributed by atoms with Crippen LogP contribution < -0.4 is 5.32 Å². The van der Waals surface area contributed by atoms with Gasteiger partial charge in [0.1, 0.15) is 5.82 Å². The fourth-order valence-electron chi connectivity index (χ4n) is 5.15. The number of nitrogens with one attached hydrogen (secondary N) is 1. The van der Waals surface area contributed by atoms with Gasteiger partial charge >= 0.3 is 0 Å². The molecule has 1 saturated carbocycles. The molecule has 1 amide bonds. The van der Waals surface area contributed by atoms with E-state index in [-0.39, 0.29) is 22.9 Å². The van der Waals surface area contributed by atoms with Crippen molar-refractivity contribution in [2.24, 2.45) is 18.9 Å². The van der Waals surface area contributed by atoms with Gasteiger partial charge in [0.25, 0.3) is 10.0 Å². The maximum absolute atomic E-state index is 13.2. The number of piperidine rings is 1. The summed E-state index contributed by atoms with van der Waals surface area (Å²) in [6.07, 6.45) is 9.94. The number of imidazole rings is 1. The van der Waals surface area contributed by atoms with Crippen molar-refractivity contribution < 1.29 is 13.2 Å². The lowest BCUT2D eigenvalue weighted by molar-refractivity contribution is -0.127. The number of carbonyl (C=O) groups excluding carboxylic acids is 1. The van der Waals surface area contributed by atoms with E-state index >= 15 is 0 Å². The predicted octanol–water partition coefficient (Wildman–Crippen LogP) is 3.96. The molecule has 8 heteroatoms. The monoisotopic (exact) mass is 472 g/mol. The van der Waals surface area contributed by atoms with Crippen molar-refractivity contribution in [1.82, 2.24) is 19.2 Å². The summed E-state index contributed by atoms with van der Waals surface area (Å²) in [5.74, 6) is 1.19. The Morgan fingerprint density at radius 1 is 1.09 bits per heavy atom. The first kappa shape index (κ1) is 24.0. The van der Waals surface area contributed by atoms with Crippen LogP contribution in [0.15, 0.2) is 41.6 Å². The van der Waals surface area contributed by atoms with Crippen molar-refractivity contribution in [2.75, 3.05) is 13.1 Å². The molecular weight excluding hydrogens is 436 g/mol. The lowest BCUT2D eigenvalue weighted by Crippen LogP contribution is -2.44. The Labute approximate surface area is 197 Å². The largest absolute Gasteiger partial charge is 0.349 e. The third-order valence-corrected chi connectivity index (χ3v) is 9.10. The molecule has 0 spiro atoms. The van der Waals surface area contributed by atoms with Crippen LogP contribution in [0.1, 0.15) is 68.8 Å². The Bertz CT molecular complexity index is 1020. The summed E-state index contributed by atoms with van der Waals surface area (Å²) < 4.78 is 29.1. The molecule has 2 aromatic rings. The van der Waals surface area contributed by atoms with Crippen LogP contribution >= 0.6 is 0 Å². The molecule has 2 heterocycles. The first-order valence-corrected chi connectivity index (χ1v) is 13.6. The van der Waals surface area contributed by atoms with Crippen molar-refractivity contribution >= 4 is 15.9 Å². The van der Waals surface area contributed by atoms with E-state index in [1.165, 1.54) is 36.4 Å². The van der Waals surface area contributed by atoms with Gasteiger partial charge in [0.2, 0.25) is 5.91 Å². The summed E-state index contributed by atoms with van der Waals surface area (Å²) >= 11 is 0. The van der Waals surface area contributed by atoms with Gasteiger partial charge in [-0.3, -0.25) is 4.79 Å². The lowest BCUT2D eigenvalue weighted by Gasteiger charge is -2.32. The molecule has 1 aliphatic carbocycles. The van der Waals surface area contributed by atoms with Crippen LogP contribution in [0, 0.1) is 18.8 Å². The van der Waals surface area contributed by atoms with Crippen molar-refractivity contribution in [3.63, 3.8) is 0 Å².